The summed E-state index contributed by atoms with van der Waals surface area (Å²) in [5.74, 6) is -5.88. The summed E-state index contributed by atoms with van der Waals surface area (Å²) in [7, 11) is 0. The van der Waals surface area contributed by atoms with E-state index in [-0.39, 0.29) is 12.8 Å². The molecule has 0 radical (unpaired) electrons. The average molecular weight is 565 g/mol. The van der Waals surface area contributed by atoms with Crippen molar-refractivity contribution in [3.05, 3.63) is 36.0 Å². The third-order valence-corrected chi connectivity index (χ3v) is 6.37. The Kier molecular flexibility index (Phi) is 11.7. The lowest BCUT2D eigenvalue weighted by Gasteiger charge is -2.24. The van der Waals surface area contributed by atoms with Gasteiger partial charge in [-0.1, -0.05) is 18.2 Å². The van der Waals surface area contributed by atoms with E-state index in [9.17, 15) is 33.9 Å². The fraction of sp³-hybridized carbons (Fsp3) is 0.417. The third-order valence-electron chi connectivity index (χ3n) is 5.73. The maximum Gasteiger partial charge on any atom is 0.326 e. The molecular weight excluding hydrogens is 532 g/mol. The molecule has 2 aromatic rings. The Bertz CT molecular complexity index is 1220. The van der Waals surface area contributed by atoms with Crippen LogP contribution in [-0.2, 0) is 35.2 Å². The van der Waals surface area contributed by atoms with Gasteiger partial charge in [0.2, 0.25) is 23.6 Å². The molecule has 0 aliphatic carbocycles. The number of nitrogens with two attached hydrogens (primary N) is 2. The standard InChI is InChI=1S/C24H32N6O8S/c1-39-7-6-16(24(37)38)28-23(36)18(10-19(26)31)30-22(35)17(29-21(34)14(25)9-20(32)33)8-12-11-27-15-5-3-2-4-13(12)15/h2-5,11,14,16-18,27H,6-10,25H2,1H3,(H2,26,31)(H,28,36)(H,29,34)(H,30,35)(H,32,33)(H,37,38). The number of aromatic amines is 1. The number of hydrogen-bond acceptors (Lipinski definition) is 8. The zero-order valence-corrected chi connectivity index (χ0v) is 22.0. The number of carbonyl (C=O) groups excluding carboxylic acids is 4. The highest BCUT2D eigenvalue weighted by molar-refractivity contribution is 7.98. The number of carboxylic acid groups (broad SMARTS) is 2. The molecule has 4 unspecified atom stereocenters. The average Bonchev–Trinajstić information content (AvgIpc) is 3.27. The molecule has 0 bridgehead atoms. The van der Waals surface area contributed by atoms with Crippen molar-refractivity contribution in [2.24, 2.45) is 11.5 Å². The van der Waals surface area contributed by atoms with Gasteiger partial charge < -0.3 is 42.6 Å². The zero-order valence-electron chi connectivity index (χ0n) is 21.1. The quantitative estimate of drug-likeness (QED) is 0.119. The maximum absolute atomic E-state index is 13.3. The Balaban J connectivity index is 2.30. The molecule has 2 rings (SSSR count). The van der Waals surface area contributed by atoms with E-state index in [1.807, 2.05) is 0 Å². The third kappa shape index (κ3) is 9.61. The summed E-state index contributed by atoms with van der Waals surface area (Å²) in [6, 6.07) is 1.56. The van der Waals surface area contributed by atoms with Gasteiger partial charge in [-0.25, -0.2) is 4.79 Å². The minimum absolute atomic E-state index is 0.0856. The van der Waals surface area contributed by atoms with Gasteiger partial charge in [0.1, 0.15) is 18.1 Å². The van der Waals surface area contributed by atoms with Gasteiger partial charge in [-0.2, -0.15) is 11.8 Å². The SMILES string of the molecule is CSCCC(NC(=O)C(CC(N)=O)NC(=O)C(Cc1c[nH]c2ccccc12)NC(=O)C(N)CC(=O)O)C(=O)O. The molecule has 1 heterocycles. The van der Waals surface area contributed by atoms with Crippen LogP contribution >= 0.6 is 11.8 Å². The lowest BCUT2D eigenvalue weighted by molar-refractivity contribution is -0.142. The molecule has 0 saturated heterocycles. The fourth-order valence-corrected chi connectivity index (χ4v) is 4.21. The van der Waals surface area contributed by atoms with Crippen molar-refractivity contribution in [2.45, 2.75) is 49.9 Å². The van der Waals surface area contributed by atoms with E-state index in [0.29, 0.717) is 11.3 Å². The number of hydrogen-bond donors (Lipinski definition) is 8. The number of thioether (sulfide) groups is 1. The Morgan fingerprint density at radius 1 is 0.923 bits per heavy atom. The summed E-state index contributed by atoms with van der Waals surface area (Å²) in [5.41, 5.74) is 12.3. The van der Waals surface area contributed by atoms with Crippen molar-refractivity contribution in [1.29, 1.82) is 0 Å². The molecule has 4 amide bonds. The van der Waals surface area contributed by atoms with E-state index >= 15 is 0 Å². The second kappa shape index (κ2) is 14.7. The van der Waals surface area contributed by atoms with Crippen molar-refractivity contribution in [2.75, 3.05) is 12.0 Å². The van der Waals surface area contributed by atoms with Crippen LogP contribution in [0.1, 0.15) is 24.8 Å². The lowest BCUT2D eigenvalue weighted by Crippen LogP contribution is -2.58. The zero-order chi connectivity index (χ0) is 29.1. The molecule has 14 nitrogen and oxygen atoms in total. The second-order valence-corrected chi connectivity index (χ2v) is 9.73. The Morgan fingerprint density at radius 2 is 1.54 bits per heavy atom. The Morgan fingerprint density at radius 3 is 2.15 bits per heavy atom. The molecule has 1 aromatic carbocycles. The molecule has 1 aromatic heterocycles. The molecule has 4 atom stereocenters. The van der Waals surface area contributed by atoms with Crippen molar-refractivity contribution in [3.63, 3.8) is 0 Å². The lowest BCUT2D eigenvalue weighted by atomic mass is 10.0. The second-order valence-electron chi connectivity index (χ2n) is 8.74. The van der Waals surface area contributed by atoms with Gasteiger partial charge in [-0.15, -0.1) is 0 Å². The summed E-state index contributed by atoms with van der Waals surface area (Å²) < 4.78 is 0. The van der Waals surface area contributed by atoms with Crippen LogP contribution in [0.25, 0.3) is 10.9 Å². The number of amides is 4. The van der Waals surface area contributed by atoms with Crippen LogP contribution in [-0.4, -0.2) is 86.9 Å². The van der Waals surface area contributed by atoms with Crippen LogP contribution in [0.15, 0.2) is 30.5 Å². The van der Waals surface area contributed by atoms with Crippen molar-refractivity contribution in [1.82, 2.24) is 20.9 Å². The van der Waals surface area contributed by atoms with Crippen molar-refractivity contribution < 1.29 is 39.0 Å². The molecule has 15 heteroatoms. The number of carboxylic acids is 2. The molecule has 212 valence electrons. The number of fused-ring (bicyclic) bond motifs is 1. The minimum atomic E-state index is -1.54. The maximum atomic E-state index is 13.3. The molecule has 0 spiro atoms. The van der Waals surface area contributed by atoms with E-state index in [1.54, 1.807) is 36.7 Å². The molecular formula is C24H32N6O8S. The van der Waals surface area contributed by atoms with Gasteiger partial charge >= 0.3 is 11.9 Å². The van der Waals surface area contributed by atoms with Gasteiger partial charge in [0.15, 0.2) is 0 Å². The first-order valence-corrected chi connectivity index (χ1v) is 13.3. The Hall–Kier alpha value is -4.11. The van der Waals surface area contributed by atoms with Gasteiger partial charge in [0, 0.05) is 23.5 Å². The summed E-state index contributed by atoms with van der Waals surface area (Å²) in [4.78, 5) is 76.0. The predicted octanol–water partition coefficient (Wildman–Crippen LogP) is -1.32. The minimum Gasteiger partial charge on any atom is -0.481 e. The number of para-hydroxylation sites is 1. The number of carbonyl (C=O) groups is 6. The highest BCUT2D eigenvalue weighted by Crippen LogP contribution is 2.19. The number of rotatable bonds is 16. The van der Waals surface area contributed by atoms with Crippen LogP contribution in [0.5, 0.6) is 0 Å². The van der Waals surface area contributed by atoms with E-state index in [4.69, 9.17) is 16.6 Å². The van der Waals surface area contributed by atoms with Crippen molar-refractivity contribution in [3.8, 4) is 0 Å². The number of aliphatic carboxylic acids is 2. The summed E-state index contributed by atoms with van der Waals surface area (Å²) >= 11 is 1.37. The van der Waals surface area contributed by atoms with Gasteiger partial charge in [0.05, 0.1) is 18.9 Å². The van der Waals surface area contributed by atoms with Gasteiger partial charge in [-0.3, -0.25) is 24.0 Å². The molecule has 0 aliphatic heterocycles. The molecule has 0 aliphatic rings. The highest BCUT2D eigenvalue weighted by Gasteiger charge is 2.32. The van der Waals surface area contributed by atoms with E-state index in [0.717, 1.165) is 10.9 Å². The van der Waals surface area contributed by atoms with Gasteiger partial charge in [-0.05, 0) is 30.1 Å². The fourth-order valence-electron chi connectivity index (χ4n) is 3.74. The largest absolute Gasteiger partial charge is 0.481 e. The van der Waals surface area contributed by atoms with Crippen LogP contribution in [0.3, 0.4) is 0 Å². The number of nitrogens with one attached hydrogen (secondary N) is 4. The van der Waals surface area contributed by atoms with Crippen LogP contribution in [0.4, 0.5) is 0 Å². The topological polar surface area (TPSA) is 247 Å². The molecule has 0 fully saturated rings. The van der Waals surface area contributed by atoms with Crippen LogP contribution in [0, 0.1) is 0 Å². The predicted molar refractivity (Wildman–Crippen MR) is 142 cm³/mol. The smallest absolute Gasteiger partial charge is 0.326 e. The number of aromatic nitrogens is 1. The summed E-state index contributed by atoms with van der Waals surface area (Å²) in [6.07, 6.45) is 2.08. The van der Waals surface area contributed by atoms with Crippen molar-refractivity contribution >= 4 is 58.2 Å². The number of H-pyrrole nitrogens is 1. The highest BCUT2D eigenvalue weighted by atomic mass is 32.2. The molecule has 10 N–H and O–H groups in total. The van der Waals surface area contributed by atoms with Gasteiger partial charge in [0.25, 0.3) is 0 Å². The normalized spacial score (nSPS) is 14.0. The van der Waals surface area contributed by atoms with E-state index in [1.165, 1.54) is 11.8 Å². The van der Waals surface area contributed by atoms with E-state index < -0.39 is 72.6 Å². The first kappa shape index (κ1) is 31.1. The summed E-state index contributed by atoms with van der Waals surface area (Å²) in [6.45, 7) is 0. The first-order valence-electron chi connectivity index (χ1n) is 11.9. The number of benzene rings is 1. The van der Waals surface area contributed by atoms with Crippen LogP contribution < -0.4 is 27.4 Å². The monoisotopic (exact) mass is 564 g/mol. The first-order chi connectivity index (χ1) is 18.4. The molecule has 39 heavy (non-hydrogen) atoms. The van der Waals surface area contributed by atoms with Crippen LogP contribution in [0.2, 0.25) is 0 Å². The van der Waals surface area contributed by atoms with E-state index in [2.05, 4.69) is 20.9 Å². The number of primary amides is 1. The molecule has 0 saturated carbocycles. The Labute approximate surface area is 227 Å². The summed E-state index contributed by atoms with van der Waals surface area (Å²) in [5, 5.41) is 26.2.